The summed E-state index contributed by atoms with van der Waals surface area (Å²) < 4.78 is 26.9. The number of nitrogens with one attached hydrogen (secondary N) is 1. The van der Waals surface area contributed by atoms with Gasteiger partial charge in [-0.05, 0) is 51.3 Å². The molecule has 1 aliphatic heterocycles. The van der Waals surface area contributed by atoms with Gasteiger partial charge in [-0.1, -0.05) is 11.6 Å². The van der Waals surface area contributed by atoms with E-state index >= 15 is 0 Å². The number of anilines is 1. The van der Waals surface area contributed by atoms with Gasteiger partial charge in [-0.25, -0.2) is 13.4 Å². The molecular formula is C18H28N4O2S. The molecule has 0 unspecified atom stereocenters. The zero-order valence-corrected chi connectivity index (χ0v) is 15.8. The van der Waals surface area contributed by atoms with Crippen molar-refractivity contribution in [3.63, 3.8) is 0 Å². The van der Waals surface area contributed by atoms with Gasteiger partial charge < -0.3 is 10.2 Å². The lowest BCUT2D eigenvalue weighted by atomic mass is 9.97. The molecule has 2 heterocycles. The van der Waals surface area contributed by atoms with Crippen molar-refractivity contribution in [2.75, 3.05) is 45.1 Å². The largest absolute Gasteiger partial charge is 0.370 e. The van der Waals surface area contributed by atoms with Crippen molar-refractivity contribution in [3.05, 3.63) is 30.0 Å². The van der Waals surface area contributed by atoms with E-state index in [0.717, 1.165) is 31.9 Å². The SMILES string of the molecule is CN1CCN(S(=O)(=O)c2ccc(NCCC3=CCCCC3)nc2)CC1. The van der Waals surface area contributed by atoms with Crippen LogP contribution >= 0.6 is 0 Å². The van der Waals surface area contributed by atoms with Crippen molar-refractivity contribution in [2.45, 2.75) is 37.0 Å². The summed E-state index contributed by atoms with van der Waals surface area (Å²) >= 11 is 0. The summed E-state index contributed by atoms with van der Waals surface area (Å²) in [6, 6.07) is 3.42. The second-order valence-electron chi connectivity index (χ2n) is 6.87. The number of piperazine rings is 1. The summed E-state index contributed by atoms with van der Waals surface area (Å²) in [5.74, 6) is 0.730. The van der Waals surface area contributed by atoms with Gasteiger partial charge >= 0.3 is 0 Å². The number of pyridine rings is 1. The highest BCUT2D eigenvalue weighted by atomic mass is 32.2. The summed E-state index contributed by atoms with van der Waals surface area (Å²) in [4.78, 5) is 6.70. The molecule has 0 spiro atoms. The third-order valence-corrected chi connectivity index (χ3v) is 6.86. The molecule has 6 nitrogen and oxygen atoms in total. The minimum atomic E-state index is -3.43. The Balaban J connectivity index is 1.55. The zero-order chi connectivity index (χ0) is 17.7. The minimum absolute atomic E-state index is 0.276. The Morgan fingerprint density at radius 2 is 1.96 bits per heavy atom. The number of likely N-dealkylation sites (N-methyl/N-ethyl adjacent to an activating group) is 1. The molecule has 0 saturated carbocycles. The fraction of sp³-hybridized carbons (Fsp3) is 0.611. The number of rotatable bonds is 6. The molecule has 1 aromatic heterocycles. The van der Waals surface area contributed by atoms with Crippen LogP contribution in [0.3, 0.4) is 0 Å². The van der Waals surface area contributed by atoms with Crippen LogP contribution in [0.4, 0.5) is 5.82 Å². The van der Waals surface area contributed by atoms with Crippen LogP contribution in [0.1, 0.15) is 32.1 Å². The molecule has 0 bridgehead atoms. The Hall–Kier alpha value is -1.44. The van der Waals surface area contributed by atoms with Crippen LogP contribution in [-0.2, 0) is 10.0 Å². The van der Waals surface area contributed by atoms with Crippen LogP contribution in [0, 0.1) is 0 Å². The Labute approximate surface area is 151 Å². The van der Waals surface area contributed by atoms with Crippen molar-refractivity contribution in [3.8, 4) is 0 Å². The Kier molecular flexibility index (Phi) is 6.09. The summed E-state index contributed by atoms with van der Waals surface area (Å²) in [6.07, 6.45) is 9.86. The van der Waals surface area contributed by atoms with E-state index in [0.29, 0.717) is 13.1 Å². The molecule has 2 aliphatic rings. The van der Waals surface area contributed by atoms with Gasteiger partial charge in [0.25, 0.3) is 0 Å². The lowest BCUT2D eigenvalue weighted by molar-refractivity contribution is 0.222. The first-order chi connectivity index (χ1) is 12.1. The molecular weight excluding hydrogens is 336 g/mol. The monoisotopic (exact) mass is 364 g/mol. The fourth-order valence-corrected chi connectivity index (χ4v) is 4.67. The van der Waals surface area contributed by atoms with E-state index in [2.05, 4.69) is 21.3 Å². The quantitative estimate of drug-likeness (QED) is 0.785. The average Bonchev–Trinajstić information content (AvgIpc) is 2.63. The molecule has 0 amide bonds. The summed E-state index contributed by atoms with van der Waals surface area (Å²) in [5.41, 5.74) is 1.52. The van der Waals surface area contributed by atoms with E-state index in [-0.39, 0.29) is 4.90 Å². The smallest absolute Gasteiger partial charge is 0.244 e. The Morgan fingerprint density at radius 3 is 2.60 bits per heavy atom. The molecule has 1 aliphatic carbocycles. The number of hydrogen-bond acceptors (Lipinski definition) is 5. The maximum absolute atomic E-state index is 12.7. The van der Waals surface area contributed by atoms with Gasteiger partial charge in [0.15, 0.2) is 0 Å². The third-order valence-electron chi connectivity index (χ3n) is 4.97. The summed E-state index contributed by atoms with van der Waals surface area (Å²) in [7, 11) is -1.42. The average molecular weight is 365 g/mol. The van der Waals surface area contributed by atoms with Crippen LogP contribution in [0.5, 0.6) is 0 Å². The number of nitrogens with zero attached hydrogens (tertiary/aromatic N) is 3. The van der Waals surface area contributed by atoms with Crippen molar-refractivity contribution in [1.29, 1.82) is 0 Å². The molecule has 7 heteroatoms. The van der Waals surface area contributed by atoms with Gasteiger partial charge in [-0.3, -0.25) is 0 Å². The highest BCUT2D eigenvalue weighted by molar-refractivity contribution is 7.89. The topological polar surface area (TPSA) is 65.5 Å². The first-order valence-electron chi connectivity index (χ1n) is 9.12. The number of sulfonamides is 1. The molecule has 138 valence electrons. The number of hydrogen-bond donors (Lipinski definition) is 1. The predicted molar refractivity (Wildman–Crippen MR) is 100 cm³/mol. The van der Waals surface area contributed by atoms with Gasteiger partial charge in [-0.15, -0.1) is 0 Å². The van der Waals surface area contributed by atoms with Crippen molar-refractivity contribution >= 4 is 15.8 Å². The first-order valence-corrected chi connectivity index (χ1v) is 10.6. The highest BCUT2D eigenvalue weighted by Gasteiger charge is 2.27. The Bertz CT molecular complexity index is 692. The number of allylic oxidation sites excluding steroid dienone is 1. The molecule has 1 saturated heterocycles. The molecule has 25 heavy (non-hydrogen) atoms. The van der Waals surface area contributed by atoms with Gasteiger partial charge in [0, 0.05) is 38.9 Å². The molecule has 0 atom stereocenters. The minimum Gasteiger partial charge on any atom is -0.370 e. The van der Waals surface area contributed by atoms with E-state index in [1.165, 1.54) is 37.5 Å². The van der Waals surface area contributed by atoms with Gasteiger partial charge in [0.2, 0.25) is 10.0 Å². The standard InChI is InChI=1S/C18H28N4O2S/c1-21-11-13-22(14-12-21)25(23,24)17-7-8-18(20-15-17)19-10-9-16-5-3-2-4-6-16/h5,7-8,15H,2-4,6,9-14H2,1H3,(H,19,20). The normalized spacial score (nSPS) is 20.3. The Morgan fingerprint density at radius 1 is 1.16 bits per heavy atom. The zero-order valence-electron chi connectivity index (χ0n) is 14.9. The highest BCUT2D eigenvalue weighted by Crippen LogP contribution is 2.21. The van der Waals surface area contributed by atoms with Crippen molar-refractivity contribution in [2.24, 2.45) is 0 Å². The summed E-state index contributed by atoms with van der Waals surface area (Å²) in [6.45, 7) is 3.44. The van der Waals surface area contributed by atoms with E-state index in [4.69, 9.17) is 0 Å². The fourth-order valence-electron chi connectivity index (χ4n) is 3.30. The maximum atomic E-state index is 12.7. The predicted octanol–water partition coefficient (Wildman–Crippen LogP) is 2.32. The van der Waals surface area contributed by atoms with Crippen molar-refractivity contribution < 1.29 is 8.42 Å². The molecule has 0 aromatic carbocycles. The van der Waals surface area contributed by atoms with Crippen LogP contribution in [-0.4, -0.2) is 62.4 Å². The molecule has 0 radical (unpaired) electrons. The number of aromatic nitrogens is 1. The van der Waals surface area contributed by atoms with Crippen LogP contribution in [0.15, 0.2) is 34.9 Å². The van der Waals surface area contributed by atoms with Crippen LogP contribution in [0.25, 0.3) is 0 Å². The lowest BCUT2D eigenvalue weighted by Gasteiger charge is -2.31. The van der Waals surface area contributed by atoms with Gasteiger partial charge in [0.1, 0.15) is 10.7 Å². The maximum Gasteiger partial charge on any atom is 0.244 e. The van der Waals surface area contributed by atoms with Crippen LogP contribution in [0.2, 0.25) is 0 Å². The molecule has 3 rings (SSSR count). The second kappa shape index (κ2) is 8.29. The van der Waals surface area contributed by atoms with Gasteiger partial charge in [-0.2, -0.15) is 4.31 Å². The molecule has 1 aromatic rings. The third kappa shape index (κ3) is 4.80. The van der Waals surface area contributed by atoms with E-state index in [9.17, 15) is 8.42 Å². The lowest BCUT2D eigenvalue weighted by Crippen LogP contribution is -2.47. The molecule has 1 fully saturated rings. The van der Waals surface area contributed by atoms with E-state index < -0.39 is 10.0 Å². The second-order valence-corrected chi connectivity index (χ2v) is 8.81. The van der Waals surface area contributed by atoms with E-state index in [1.54, 1.807) is 16.4 Å². The first kappa shape index (κ1) is 18.4. The molecule has 1 N–H and O–H groups in total. The summed E-state index contributed by atoms with van der Waals surface area (Å²) in [5, 5.41) is 3.29. The van der Waals surface area contributed by atoms with E-state index in [1.807, 2.05) is 7.05 Å². The van der Waals surface area contributed by atoms with Crippen LogP contribution < -0.4 is 5.32 Å². The van der Waals surface area contributed by atoms with Crippen molar-refractivity contribution in [1.82, 2.24) is 14.2 Å². The van der Waals surface area contributed by atoms with Gasteiger partial charge in [0.05, 0.1) is 0 Å².